The highest BCUT2D eigenvalue weighted by atomic mass is 32.2. The third-order valence-electron chi connectivity index (χ3n) is 5.95. The average molecular weight is 411 g/mol. The molecule has 0 radical (unpaired) electrons. The van der Waals surface area contributed by atoms with Crippen molar-refractivity contribution >= 4 is 15.6 Å². The quantitative estimate of drug-likeness (QED) is 0.751. The maximum Gasteiger partial charge on any atom is 0.283 e. The zero-order valence-corrected chi connectivity index (χ0v) is 16.0. The smallest absolute Gasteiger partial charge is 0.283 e. The highest BCUT2D eigenvalue weighted by Crippen LogP contribution is 2.63. The predicted octanol–water partition coefficient (Wildman–Crippen LogP) is 4.31. The molecule has 2 atom stereocenters. The van der Waals surface area contributed by atoms with E-state index in [-0.39, 0.29) is 10.3 Å². The molecule has 3 aliphatic rings. The molecule has 150 valence electrons. The number of benzene rings is 1. The van der Waals surface area contributed by atoms with Gasteiger partial charge in [0.1, 0.15) is 5.83 Å². The molecule has 3 aliphatic carbocycles. The van der Waals surface area contributed by atoms with E-state index in [2.05, 4.69) is 4.74 Å². The topological polar surface area (TPSA) is 69.4 Å². The Morgan fingerprint density at radius 2 is 1.79 bits per heavy atom. The van der Waals surface area contributed by atoms with Crippen LogP contribution >= 0.6 is 0 Å². The highest BCUT2D eigenvalue weighted by Gasteiger charge is 2.51. The summed E-state index contributed by atoms with van der Waals surface area (Å²) in [7, 11) is -2.84. The minimum Gasteiger partial charge on any atom is -0.341 e. The van der Waals surface area contributed by atoms with Crippen LogP contribution in [-0.4, -0.2) is 21.4 Å². The summed E-state index contributed by atoms with van der Waals surface area (Å²) in [6, 6.07) is 6.04. The summed E-state index contributed by atoms with van der Waals surface area (Å²) in [6.07, 6.45) is 5.48. The molecular weight excluding hydrogens is 391 g/mol. The molecule has 0 aromatic heterocycles. The van der Waals surface area contributed by atoms with Gasteiger partial charge in [-0.25, -0.2) is 22.3 Å². The van der Waals surface area contributed by atoms with E-state index in [4.69, 9.17) is 5.14 Å². The van der Waals surface area contributed by atoms with Crippen LogP contribution < -0.4 is 5.14 Å². The standard InChI is InChI=1S/C20H20F3NO3S/c1-27-20(23)7-6-14(17(21)18(20)22)16-11-19(8-9-19)10-15(16)12-2-4-13(5-3-12)28(24,25)26/h2-7,14H,8-11H2,1H3,(H2,24,25,26). The number of sulfonamides is 1. The number of rotatable bonds is 4. The van der Waals surface area contributed by atoms with Crippen LogP contribution in [0.25, 0.3) is 5.57 Å². The Kier molecular flexibility index (Phi) is 4.37. The fraction of sp³-hybridized carbons (Fsp3) is 0.400. The van der Waals surface area contributed by atoms with Gasteiger partial charge in [-0.1, -0.05) is 23.8 Å². The van der Waals surface area contributed by atoms with Crippen LogP contribution in [0.1, 0.15) is 31.2 Å². The zero-order chi connectivity index (χ0) is 20.3. The van der Waals surface area contributed by atoms with Crippen molar-refractivity contribution in [1.82, 2.24) is 0 Å². The number of hydrogen-bond donors (Lipinski definition) is 1. The van der Waals surface area contributed by atoms with Crippen LogP contribution in [-0.2, 0) is 14.8 Å². The monoisotopic (exact) mass is 411 g/mol. The van der Waals surface area contributed by atoms with Crippen LogP contribution in [0.5, 0.6) is 0 Å². The number of ether oxygens (including phenoxy) is 1. The molecule has 0 aliphatic heterocycles. The van der Waals surface area contributed by atoms with Crippen molar-refractivity contribution < 1.29 is 26.3 Å². The van der Waals surface area contributed by atoms with Crippen LogP contribution in [0, 0.1) is 11.3 Å². The molecule has 0 saturated heterocycles. The van der Waals surface area contributed by atoms with Crippen molar-refractivity contribution in [2.24, 2.45) is 16.5 Å². The lowest BCUT2D eigenvalue weighted by Crippen LogP contribution is -2.29. The summed E-state index contributed by atoms with van der Waals surface area (Å²) in [5, 5.41) is 5.14. The average Bonchev–Trinajstić information content (AvgIpc) is 3.31. The molecule has 4 rings (SSSR count). The molecule has 0 bridgehead atoms. The normalized spacial score (nSPS) is 29.1. The third-order valence-corrected chi connectivity index (χ3v) is 6.88. The number of methoxy groups -OCH3 is 1. The van der Waals surface area contributed by atoms with Crippen molar-refractivity contribution in [3.8, 4) is 0 Å². The fourth-order valence-corrected chi connectivity index (χ4v) is 4.64. The minimum absolute atomic E-state index is 0.0190. The second-order valence-corrected chi connectivity index (χ2v) is 9.34. The summed E-state index contributed by atoms with van der Waals surface area (Å²) in [6.45, 7) is 0. The molecule has 0 heterocycles. The van der Waals surface area contributed by atoms with E-state index in [0.717, 1.165) is 37.2 Å². The first-order valence-electron chi connectivity index (χ1n) is 8.93. The van der Waals surface area contributed by atoms with E-state index in [0.29, 0.717) is 18.4 Å². The first-order chi connectivity index (χ1) is 13.1. The van der Waals surface area contributed by atoms with E-state index >= 15 is 0 Å². The van der Waals surface area contributed by atoms with E-state index in [9.17, 15) is 21.6 Å². The first kappa shape index (κ1) is 19.4. The van der Waals surface area contributed by atoms with Gasteiger partial charge in [0.05, 0.1) is 10.8 Å². The Bertz CT molecular complexity index is 1020. The van der Waals surface area contributed by atoms with Crippen molar-refractivity contribution in [3.05, 3.63) is 59.2 Å². The van der Waals surface area contributed by atoms with Crippen molar-refractivity contribution in [2.45, 2.75) is 36.4 Å². The predicted molar refractivity (Wildman–Crippen MR) is 98.4 cm³/mol. The van der Waals surface area contributed by atoms with Gasteiger partial charge in [0.15, 0.2) is 0 Å². The summed E-state index contributed by atoms with van der Waals surface area (Å²) >= 11 is 0. The second-order valence-electron chi connectivity index (χ2n) is 7.77. The molecule has 2 N–H and O–H groups in total. The summed E-state index contributed by atoms with van der Waals surface area (Å²) in [4.78, 5) is -0.0190. The molecule has 8 heteroatoms. The molecule has 1 saturated carbocycles. The lowest BCUT2D eigenvalue weighted by atomic mass is 9.86. The van der Waals surface area contributed by atoms with Gasteiger partial charge in [0.2, 0.25) is 15.9 Å². The van der Waals surface area contributed by atoms with Gasteiger partial charge < -0.3 is 4.74 Å². The molecule has 1 aromatic carbocycles. The van der Waals surface area contributed by atoms with Crippen LogP contribution in [0.3, 0.4) is 0 Å². The van der Waals surface area contributed by atoms with Crippen molar-refractivity contribution in [1.29, 1.82) is 0 Å². The van der Waals surface area contributed by atoms with Crippen LogP contribution in [0.15, 0.2) is 58.5 Å². The van der Waals surface area contributed by atoms with E-state index in [1.165, 1.54) is 18.2 Å². The van der Waals surface area contributed by atoms with Crippen molar-refractivity contribution in [2.75, 3.05) is 7.11 Å². The van der Waals surface area contributed by atoms with E-state index in [1.807, 2.05) is 0 Å². The number of nitrogens with two attached hydrogens (primary N) is 1. The highest BCUT2D eigenvalue weighted by molar-refractivity contribution is 7.89. The van der Waals surface area contributed by atoms with Gasteiger partial charge in [-0.2, -0.15) is 4.39 Å². The Hall–Kier alpha value is -1.90. The molecule has 2 unspecified atom stereocenters. The number of primary sulfonamides is 1. The summed E-state index contributed by atoms with van der Waals surface area (Å²) in [5.41, 5.74) is 2.32. The lowest BCUT2D eigenvalue weighted by Gasteiger charge is -2.27. The number of alkyl halides is 1. The van der Waals surface area contributed by atoms with Crippen LogP contribution in [0.4, 0.5) is 13.2 Å². The zero-order valence-electron chi connectivity index (χ0n) is 15.2. The van der Waals surface area contributed by atoms with Crippen molar-refractivity contribution in [3.63, 3.8) is 0 Å². The van der Waals surface area contributed by atoms with Crippen LogP contribution in [0.2, 0.25) is 0 Å². The number of halogens is 3. The second kappa shape index (κ2) is 6.30. The molecule has 1 aromatic rings. The summed E-state index contributed by atoms with van der Waals surface area (Å²) < 4.78 is 70.8. The largest absolute Gasteiger partial charge is 0.341 e. The number of hydrogen-bond acceptors (Lipinski definition) is 3. The Balaban J connectivity index is 1.76. The Morgan fingerprint density at radius 3 is 2.32 bits per heavy atom. The van der Waals surface area contributed by atoms with Gasteiger partial charge in [0, 0.05) is 7.11 Å². The Labute approximate surface area is 161 Å². The lowest BCUT2D eigenvalue weighted by molar-refractivity contribution is -0.0679. The first-order valence-corrected chi connectivity index (χ1v) is 10.5. The molecule has 28 heavy (non-hydrogen) atoms. The fourth-order valence-electron chi connectivity index (χ4n) is 4.13. The van der Waals surface area contributed by atoms with E-state index in [1.54, 1.807) is 12.1 Å². The van der Waals surface area contributed by atoms with Gasteiger partial charge in [0.25, 0.3) is 5.85 Å². The molecular formula is C20H20F3NO3S. The maximum absolute atomic E-state index is 14.8. The molecule has 0 amide bonds. The maximum atomic E-state index is 14.8. The number of allylic oxidation sites excluding steroid dienone is 4. The molecule has 1 spiro atoms. The van der Waals surface area contributed by atoms with Gasteiger partial charge in [-0.05, 0) is 60.4 Å². The molecule has 1 fully saturated rings. The third kappa shape index (κ3) is 3.13. The summed E-state index contributed by atoms with van der Waals surface area (Å²) in [5.74, 6) is -6.62. The SMILES string of the molecule is COC1(F)C=CC(C2=C(c3ccc(S(N)(=O)=O)cc3)CC3(CC3)C2)C(F)=C1F. The van der Waals surface area contributed by atoms with E-state index < -0.39 is 33.4 Å². The van der Waals surface area contributed by atoms with Gasteiger partial charge in [-0.3, -0.25) is 0 Å². The van der Waals surface area contributed by atoms with Gasteiger partial charge in [-0.15, -0.1) is 0 Å². The minimum atomic E-state index is -3.82. The Morgan fingerprint density at radius 1 is 1.14 bits per heavy atom. The molecule has 4 nitrogen and oxygen atoms in total. The van der Waals surface area contributed by atoms with Gasteiger partial charge >= 0.3 is 0 Å².